The number of amides is 2. The molecule has 8 nitrogen and oxygen atoms in total. The zero-order valence-corrected chi connectivity index (χ0v) is 19.1. The van der Waals surface area contributed by atoms with Gasteiger partial charge in [-0.1, -0.05) is 30.0 Å². The summed E-state index contributed by atoms with van der Waals surface area (Å²) >= 11 is 1.18. The Labute approximate surface area is 201 Å². The van der Waals surface area contributed by atoms with Crippen molar-refractivity contribution in [3.8, 4) is 11.5 Å². The molecule has 1 fully saturated rings. The molecule has 3 aromatic rings. The SMILES string of the molecule is COc1ccc(C=NN=C2SC(CC(=O)Nc3ccccc3)C(=O)N2c2ccc(O)cc2)cc1. The first-order valence-electron chi connectivity index (χ1n) is 10.4. The smallest absolute Gasteiger partial charge is 0.247 e. The third kappa shape index (κ3) is 5.62. The lowest BCUT2D eigenvalue weighted by molar-refractivity contribution is -0.121. The molecule has 1 atom stereocenters. The van der Waals surface area contributed by atoms with Gasteiger partial charge in [0.1, 0.15) is 16.7 Å². The number of hydrogen-bond donors (Lipinski definition) is 2. The molecule has 1 unspecified atom stereocenters. The molecule has 0 saturated carbocycles. The number of phenolic OH excluding ortho intramolecular Hbond substituents is 1. The molecule has 1 aliphatic heterocycles. The van der Waals surface area contributed by atoms with Gasteiger partial charge in [0.05, 0.1) is 19.0 Å². The third-order valence-corrected chi connectivity index (χ3v) is 6.06. The number of carbonyl (C=O) groups is 2. The Morgan fingerprint density at radius 2 is 1.79 bits per heavy atom. The molecule has 34 heavy (non-hydrogen) atoms. The van der Waals surface area contributed by atoms with Gasteiger partial charge in [-0.25, -0.2) is 0 Å². The van der Waals surface area contributed by atoms with Crippen LogP contribution >= 0.6 is 11.8 Å². The van der Waals surface area contributed by atoms with E-state index in [2.05, 4.69) is 15.5 Å². The maximum atomic E-state index is 13.2. The van der Waals surface area contributed by atoms with Gasteiger partial charge in [-0.2, -0.15) is 5.10 Å². The average molecular weight is 475 g/mol. The number of rotatable bonds is 7. The van der Waals surface area contributed by atoms with Crippen molar-refractivity contribution in [3.63, 3.8) is 0 Å². The Morgan fingerprint density at radius 1 is 1.09 bits per heavy atom. The van der Waals surface area contributed by atoms with E-state index < -0.39 is 5.25 Å². The topological polar surface area (TPSA) is 104 Å². The number of carbonyl (C=O) groups excluding carboxylic acids is 2. The summed E-state index contributed by atoms with van der Waals surface area (Å²) in [5, 5.41) is 20.5. The van der Waals surface area contributed by atoms with Gasteiger partial charge in [0, 0.05) is 12.1 Å². The third-order valence-electron chi connectivity index (χ3n) is 4.94. The van der Waals surface area contributed by atoms with E-state index in [0.717, 1.165) is 11.3 Å². The van der Waals surface area contributed by atoms with Gasteiger partial charge in [0.15, 0.2) is 5.17 Å². The van der Waals surface area contributed by atoms with Crippen LogP contribution in [0.1, 0.15) is 12.0 Å². The summed E-state index contributed by atoms with van der Waals surface area (Å²) in [6.45, 7) is 0. The monoisotopic (exact) mass is 474 g/mol. The summed E-state index contributed by atoms with van der Waals surface area (Å²) in [7, 11) is 1.60. The largest absolute Gasteiger partial charge is 0.508 e. The number of nitrogens with one attached hydrogen (secondary N) is 1. The van der Waals surface area contributed by atoms with Crippen LogP contribution in [0.2, 0.25) is 0 Å². The van der Waals surface area contributed by atoms with Gasteiger partial charge in [0.2, 0.25) is 11.8 Å². The van der Waals surface area contributed by atoms with E-state index in [1.54, 1.807) is 37.6 Å². The quantitative estimate of drug-likeness (QED) is 0.393. The minimum atomic E-state index is -0.660. The van der Waals surface area contributed by atoms with Crippen LogP contribution in [0.25, 0.3) is 0 Å². The minimum Gasteiger partial charge on any atom is -0.508 e. The average Bonchev–Trinajstić information content (AvgIpc) is 3.15. The van der Waals surface area contributed by atoms with E-state index in [1.807, 2.05) is 42.5 Å². The summed E-state index contributed by atoms with van der Waals surface area (Å²) < 4.78 is 5.15. The first-order valence-corrected chi connectivity index (χ1v) is 11.3. The maximum Gasteiger partial charge on any atom is 0.247 e. The number of thioether (sulfide) groups is 1. The standard InChI is InChI=1S/C25H22N4O4S/c1-33-21-13-7-17(8-14-21)16-26-28-25-29(19-9-11-20(30)12-10-19)24(32)22(34-25)15-23(31)27-18-5-3-2-4-6-18/h2-14,16,22,30H,15H2,1H3,(H,27,31). The van der Waals surface area contributed by atoms with Gasteiger partial charge < -0.3 is 15.2 Å². The molecule has 9 heteroatoms. The van der Waals surface area contributed by atoms with Crippen LogP contribution in [0.3, 0.4) is 0 Å². The van der Waals surface area contributed by atoms with Crippen LogP contribution < -0.4 is 15.0 Å². The number of hydrogen-bond acceptors (Lipinski definition) is 7. The normalized spacial score (nSPS) is 16.9. The lowest BCUT2D eigenvalue weighted by Crippen LogP contribution is -2.33. The van der Waals surface area contributed by atoms with Crippen molar-refractivity contribution in [2.24, 2.45) is 10.2 Å². The zero-order chi connectivity index (χ0) is 23.9. The van der Waals surface area contributed by atoms with Crippen LogP contribution in [0, 0.1) is 0 Å². The second-order valence-electron chi connectivity index (χ2n) is 7.32. The zero-order valence-electron chi connectivity index (χ0n) is 18.3. The number of nitrogens with zero attached hydrogens (tertiary/aromatic N) is 3. The number of amidine groups is 1. The fraction of sp³-hybridized carbons (Fsp3) is 0.120. The summed E-state index contributed by atoms with van der Waals surface area (Å²) in [5.41, 5.74) is 2.01. The van der Waals surface area contributed by atoms with Crippen LogP contribution in [0.15, 0.2) is 89.1 Å². The van der Waals surface area contributed by atoms with E-state index in [1.165, 1.54) is 28.8 Å². The number of para-hydroxylation sites is 1. The fourth-order valence-corrected chi connectivity index (χ4v) is 4.33. The van der Waals surface area contributed by atoms with Crippen LogP contribution in [0.5, 0.6) is 11.5 Å². The van der Waals surface area contributed by atoms with Gasteiger partial charge in [-0.05, 0) is 66.2 Å². The highest BCUT2D eigenvalue weighted by Gasteiger charge is 2.40. The summed E-state index contributed by atoms with van der Waals surface area (Å²) in [4.78, 5) is 27.2. The molecule has 0 aliphatic carbocycles. The Bertz CT molecular complexity index is 1210. The molecule has 1 saturated heterocycles. The molecule has 3 aromatic carbocycles. The molecule has 0 spiro atoms. The Balaban J connectivity index is 1.54. The lowest BCUT2D eigenvalue weighted by Gasteiger charge is -2.15. The van der Waals surface area contributed by atoms with Crippen molar-refractivity contribution in [1.82, 2.24) is 0 Å². The highest BCUT2D eigenvalue weighted by molar-refractivity contribution is 8.16. The molecule has 0 aromatic heterocycles. The summed E-state index contributed by atoms with van der Waals surface area (Å²) in [6, 6.07) is 22.6. The molecule has 1 heterocycles. The summed E-state index contributed by atoms with van der Waals surface area (Å²) in [5.74, 6) is 0.261. The van der Waals surface area contributed by atoms with Gasteiger partial charge in [-0.3, -0.25) is 14.5 Å². The molecular formula is C25H22N4O4S. The second kappa shape index (κ2) is 10.7. The molecule has 0 radical (unpaired) electrons. The highest BCUT2D eigenvalue weighted by Crippen LogP contribution is 2.34. The Morgan fingerprint density at radius 3 is 2.47 bits per heavy atom. The molecule has 4 rings (SSSR count). The van der Waals surface area contributed by atoms with Gasteiger partial charge in [0.25, 0.3) is 0 Å². The fourth-order valence-electron chi connectivity index (χ4n) is 3.24. The van der Waals surface area contributed by atoms with Gasteiger partial charge in [-0.15, -0.1) is 5.10 Å². The second-order valence-corrected chi connectivity index (χ2v) is 8.49. The number of benzene rings is 3. The van der Waals surface area contributed by atoms with Crippen LogP contribution in [0.4, 0.5) is 11.4 Å². The predicted octanol–water partition coefficient (Wildman–Crippen LogP) is 4.27. The molecule has 0 bridgehead atoms. The number of methoxy groups -OCH3 is 1. The van der Waals surface area contributed by atoms with E-state index in [9.17, 15) is 14.7 Å². The van der Waals surface area contributed by atoms with Crippen LogP contribution in [-0.4, -0.2) is 40.7 Å². The highest BCUT2D eigenvalue weighted by atomic mass is 32.2. The van der Waals surface area contributed by atoms with Crippen molar-refractivity contribution in [3.05, 3.63) is 84.4 Å². The van der Waals surface area contributed by atoms with E-state index >= 15 is 0 Å². The Kier molecular flexibility index (Phi) is 7.24. The molecular weight excluding hydrogens is 452 g/mol. The lowest BCUT2D eigenvalue weighted by atomic mass is 10.2. The number of anilines is 2. The van der Waals surface area contributed by atoms with E-state index in [4.69, 9.17) is 4.74 Å². The Hall–Kier alpha value is -4.11. The molecule has 2 N–H and O–H groups in total. The summed E-state index contributed by atoms with van der Waals surface area (Å²) in [6.07, 6.45) is 1.55. The first kappa shape index (κ1) is 23.1. The van der Waals surface area contributed by atoms with Crippen molar-refractivity contribution < 1.29 is 19.4 Å². The molecule has 2 amide bonds. The minimum absolute atomic E-state index is 0.0197. The van der Waals surface area contributed by atoms with E-state index in [-0.39, 0.29) is 24.0 Å². The van der Waals surface area contributed by atoms with Crippen LogP contribution in [-0.2, 0) is 9.59 Å². The van der Waals surface area contributed by atoms with Crippen molar-refractivity contribution in [2.75, 3.05) is 17.3 Å². The predicted molar refractivity (Wildman–Crippen MR) is 135 cm³/mol. The molecule has 1 aliphatic rings. The van der Waals surface area contributed by atoms with E-state index in [0.29, 0.717) is 16.5 Å². The number of aromatic hydroxyl groups is 1. The van der Waals surface area contributed by atoms with Crippen molar-refractivity contribution in [1.29, 1.82) is 0 Å². The van der Waals surface area contributed by atoms with Crippen molar-refractivity contribution in [2.45, 2.75) is 11.7 Å². The molecule has 172 valence electrons. The van der Waals surface area contributed by atoms with Gasteiger partial charge >= 0.3 is 0 Å². The van der Waals surface area contributed by atoms with Crippen molar-refractivity contribution >= 4 is 46.3 Å². The number of ether oxygens (including phenoxy) is 1. The maximum absolute atomic E-state index is 13.2. The first-order chi connectivity index (χ1) is 16.5. The number of phenols is 1.